The molecule has 2 nitrogen and oxygen atoms in total. The number of hydrogen-bond acceptors (Lipinski definition) is 4. The van der Waals surface area contributed by atoms with E-state index in [1.807, 2.05) is 18.2 Å². The smallest absolute Gasteiger partial charge is 0.423 e. The Morgan fingerprint density at radius 2 is 2.07 bits per heavy atom. The maximum atomic E-state index is 9.09. The van der Waals surface area contributed by atoms with E-state index in [0.717, 1.165) is 19.5 Å². The molecular formula is C8H6BBrO2S2. The van der Waals surface area contributed by atoms with Crippen LogP contribution in [-0.4, -0.2) is 17.2 Å². The molecule has 0 saturated heterocycles. The van der Waals surface area contributed by atoms with E-state index in [1.165, 1.54) is 11.3 Å². The highest BCUT2D eigenvalue weighted by Gasteiger charge is 2.20. The van der Waals surface area contributed by atoms with Crippen molar-refractivity contribution in [3.8, 4) is 0 Å². The SMILES string of the molecule is OB(O)c1sc2cc(S)ccc2c1Br. The monoisotopic (exact) mass is 288 g/mol. The van der Waals surface area contributed by atoms with Gasteiger partial charge >= 0.3 is 7.12 Å². The van der Waals surface area contributed by atoms with Crippen LogP contribution in [0.5, 0.6) is 0 Å². The molecule has 2 rings (SSSR count). The third-order valence-corrected chi connectivity index (χ3v) is 4.46. The predicted molar refractivity (Wildman–Crippen MR) is 66.6 cm³/mol. The minimum Gasteiger partial charge on any atom is -0.423 e. The average Bonchev–Trinajstić information content (AvgIpc) is 2.43. The van der Waals surface area contributed by atoms with Gasteiger partial charge in [0.25, 0.3) is 0 Å². The van der Waals surface area contributed by atoms with Crippen LogP contribution in [0.25, 0.3) is 10.1 Å². The van der Waals surface area contributed by atoms with Crippen molar-refractivity contribution in [2.75, 3.05) is 0 Å². The first-order chi connectivity index (χ1) is 6.59. The number of hydrogen-bond donors (Lipinski definition) is 3. The third-order valence-electron chi connectivity index (χ3n) is 1.87. The molecule has 0 aliphatic heterocycles. The van der Waals surface area contributed by atoms with E-state index in [2.05, 4.69) is 28.6 Å². The molecule has 0 spiro atoms. The molecule has 0 saturated carbocycles. The second-order valence-electron chi connectivity index (χ2n) is 2.83. The van der Waals surface area contributed by atoms with Crippen LogP contribution in [0.3, 0.4) is 0 Å². The van der Waals surface area contributed by atoms with Crippen molar-refractivity contribution in [1.82, 2.24) is 0 Å². The molecule has 1 aromatic carbocycles. The zero-order valence-corrected chi connectivity index (χ0v) is 10.2. The van der Waals surface area contributed by atoms with Crippen molar-refractivity contribution in [3.05, 3.63) is 22.7 Å². The molecule has 0 fully saturated rings. The molecular weight excluding hydrogens is 283 g/mol. The molecule has 2 aromatic rings. The van der Waals surface area contributed by atoms with Crippen LogP contribution in [0.15, 0.2) is 27.6 Å². The standard InChI is InChI=1S/C8H6BBrO2S2/c10-7-5-2-1-4(13)3-6(5)14-8(7)9(11)12/h1-3,11-13H. The Kier molecular flexibility index (Phi) is 2.90. The minimum atomic E-state index is -1.43. The van der Waals surface area contributed by atoms with Crippen molar-refractivity contribution in [1.29, 1.82) is 0 Å². The van der Waals surface area contributed by atoms with E-state index in [1.54, 1.807) is 0 Å². The maximum Gasteiger partial charge on any atom is 0.500 e. The highest BCUT2D eigenvalue weighted by atomic mass is 79.9. The lowest BCUT2D eigenvalue weighted by atomic mass is 9.89. The Hall–Kier alpha value is -0.00506. The average molecular weight is 289 g/mol. The van der Waals surface area contributed by atoms with Gasteiger partial charge in [-0.25, -0.2) is 0 Å². The van der Waals surface area contributed by atoms with Crippen molar-refractivity contribution in [2.24, 2.45) is 0 Å². The molecule has 14 heavy (non-hydrogen) atoms. The molecule has 0 aliphatic rings. The van der Waals surface area contributed by atoms with Crippen LogP contribution in [0.4, 0.5) is 0 Å². The van der Waals surface area contributed by atoms with Gasteiger partial charge in [0.2, 0.25) is 0 Å². The third kappa shape index (κ3) is 1.72. The number of fused-ring (bicyclic) bond motifs is 1. The Morgan fingerprint density at radius 3 is 2.71 bits per heavy atom. The number of thiophene rings is 1. The second-order valence-corrected chi connectivity index (χ2v) is 5.23. The number of benzene rings is 1. The summed E-state index contributed by atoms with van der Waals surface area (Å²) in [7, 11) is -1.43. The van der Waals surface area contributed by atoms with Gasteiger partial charge in [0.15, 0.2) is 0 Å². The van der Waals surface area contributed by atoms with E-state index in [-0.39, 0.29) is 0 Å². The Morgan fingerprint density at radius 1 is 1.36 bits per heavy atom. The summed E-state index contributed by atoms with van der Waals surface area (Å²) in [4.78, 5) is 0.866. The topological polar surface area (TPSA) is 40.5 Å². The molecule has 0 radical (unpaired) electrons. The molecule has 0 unspecified atom stereocenters. The van der Waals surface area contributed by atoms with Crippen molar-refractivity contribution in [3.63, 3.8) is 0 Å². The van der Waals surface area contributed by atoms with Gasteiger partial charge in [-0.1, -0.05) is 6.07 Å². The van der Waals surface area contributed by atoms with Gasteiger partial charge < -0.3 is 10.0 Å². The first kappa shape index (κ1) is 10.5. The molecule has 0 atom stereocenters. The molecule has 1 aromatic heterocycles. The maximum absolute atomic E-state index is 9.09. The summed E-state index contributed by atoms with van der Waals surface area (Å²) in [6.07, 6.45) is 0. The molecule has 0 amide bonds. The van der Waals surface area contributed by atoms with Crippen LogP contribution in [0, 0.1) is 0 Å². The second kappa shape index (κ2) is 3.86. The lowest BCUT2D eigenvalue weighted by Gasteiger charge is -1.93. The van der Waals surface area contributed by atoms with E-state index in [0.29, 0.717) is 4.78 Å². The van der Waals surface area contributed by atoms with Crippen molar-refractivity contribution < 1.29 is 10.0 Å². The zero-order chi connectivity index (χ0) is 10.3. The summed E-state index contributed by atoms with van der Waals surface area (Å²) in [6, 6.07) is 5.68. The summed E-state index contributed by atoms with van der Waals surface area (Å²) in [5.74, 6) is 0. The van der Waals surface area contributed by atoms with Gasteiger partial charge in [0, 0.05) is 19.5 Å². The van der Waals surface area contributed by atoms with E-state index < -0.39 is 7.12 Å². The molecule has 0 bridgehead atoms. The van der Waals surface area contributed by atoms with Gasteiger partial charge in [-0.2, -0.15) is 0 Å². The van der Waals surface area contributed by atoms with E-state index >= 15 is 0 Å². The molecule has 2 N–H and O–H groups in total. The van der Waals surface area contributed by atoms with E-state index in [4.69, 9.17) is 10.0 Å². The van der Waals surface area contributed by atoms with Gasteiger partial charge in [-0.15, -0.1) is 24.0 Å². The number of thiol groups is 1. The van der Waals surface area contributed by atoms with Crippen molar-refractivity contribution in [2.45, 2.75) is 4.90 Å². The van der Waals surface area contributed by atoms with Gasteiger partial charge in [-0.05, 0) is 28.1 Å². The molecule has 6 heteroatoms. The Labute approximate surface area is 99.3 Å². The minimum absolute atomic E-state index is 0.527. The predicted octanol–water partition coefficient (Wildman–Crippen LogP) is 1.63. The number of rotatable bonds is 1. The lowest BCUT2D eigenvalue weighted by Crippen LogP contribution is -2.27. The largest absolute Gasteiger partial charge is 0.500 e. The fourth-order valence-electron chi connectivity index (χ4n) is 1.24. The van der Waals surface area contributed by atoms with Gasteiger partial charge in [-0.3, -0.25) is 0 Å². The van der Waals surface area contributed by atoms with Crippen LogP contribution in [-0.2, 0) is 0 Å². The first-order valence-electron chi connectivity index (χ1n) is 3.86. The van der Waals surface area contributed by atoms with Crippen LogP contribution in [0.2, 0.25) is 0 Å². The van der Waals surface area contributed by atoms with E-state index in [9.17, 15) is 0 Å². The fraction of sp³-hybridized carbons (Fsp3) is 0. The van der Waals surface area contributed by atoms with Gasteiger partial charge in [0.1, 0.15) is 0 Å². The molecule has 1 heterocycles. The number of halogens is 1. The van der Waals surface area contributed by atoms with Crippen LogP contribution in [0.1, 0.15) is 0 Å². The summed E-state index contributed by atoms with van der Waals surface area (Å²) < 4.78 is 2.27. The molecule has 0 aliphatic carbocycles. The zero-order valence-electron chi connectivity index (χ0n) is 6.94. The summed E-state index contributed by atoms with van der Waals surface area (Å²) >= 11 is 8.91. The quantitative estimate of drug-likeness (QED) is 0.551. The van der Waals surface area contributed by atoms with Gasteiger partial charge in [0.05, 0.1) is 4.78 Å². The van der Waals surface area contributed by atoms with Crippen LogP contribution < -0.4 is 4.78 Å². The highest BCUT2D eigenvalue weighted by Crippen LogP contribution is 2.30. The fourth-order valence-corrected chi connectivity index (χ4v) is 3.46. The normalized spacial score (nSPS) is 10.9. The van der Waals surface area contributed by atoms with Crippen molar-refractivity contribution >= 4 is 61.9 Å². The highest BCUT2D eigenvalue weighted by molar-refractivity contribution is 9.11. The summed E-state index contributed by atoms with van der Waals surface area (Å²) in [5.41, 5.74) is 0. The Bertz CT molecular complexity index is 483. The summed E-state index contributed by atoms with van der Waals surface area (Å²) in [5, 5.41) is 19.2. The Balaban J connectivity index is 2.73. The summed E-state index contributed by atoms with van der Waals surface area (Å²) in [6.45, 7) is 0. The lowest BCUT2D eigenvalue weighted by molar-refractivity contribution is 0.426. The first-order valence-corrected chi connectivity index (χ1v) is 5.92. The van der Waals surface area contributed by atoms with Crippen LogP contribution >= 0.6 is 39.9 Å². The molecule has 72 valence electrons.